The van der Waals surface area contributed by atoms with Gasteiger partial charge in [0.2, 0.25) is 5.91 Å². The molecule has 4 heteroatoms. The van der Waals surface area contributed by atoms with Crippen LogP contribution >= 0.6 is 11.8 Å². The van der Waals surface area contributed by atoms with Crippen LogP contribution in [0.25, 0.3) is 16.8 Å². The van der Waals surface area contributed by atoms with Crippen LogP contribution in [0.5, 0.6) is 0 Å². The third-order valence-electron chi connectivity index (χ3n) is 4.25. The second-order valence-electron chi connectivity index (χ2n) is 5.96. The third kappa shape index (κ3) is 4.15. The van der Waals surface area contributed by atoms with Gasteiger partial charge < -0.3 is 10.4 Å². The van der Waals surface area contributed by atoms with Gasteiger partial charge in [0.1, 0.15) is 0 Å². The van der Waals surface area contributed by atoms with Crippen molar-refractivity contribution in [2.45, 2.75) is 18.4 Å². The monoisotopic (exact) mass is 327 g/mol. The molecule has 0 bridgehead atoms. The van der Waals surface area contributed by atoms with Crippen molar-refractivity contribution in [3.8, 4) is 0 Å². The van der Waals surface area contributed by atoms with Gasteiger partial charge in [-0.25, -0.2) is 0 Å². The van der Waals surface area contributed by atoms with Crippen molar-refractivity contribution in [1.82, 2.24) is 5.32 Å². The number of benzene rings is 2. The van der Waals surface area contributed by atoms with E-state index in [1.54, 1.807) is 6.08 Å². The molecule has 1 amide bonds. The lowest BCUT2D eigenvalue weighted by Crippen LogP contribution is -2.44. The fourth-order valence-electron chi connectivity index (χ4n) is 2.80. The minimum absolute atomic E-state index is 0.162. The van der Waals surface area contributed by atoms with Crippen LogP contribution in [0.2, 0.25) is 0 Å². The number of rotatable bonds is 4. The van der Waals surface area contributed by atoms with Gasteiger partial charge in [0.25, 0.3) is 0 Å². The second-order valence-corrected chi connectivity index (χ2v) is 7.18. The fourth-order valence-corrected chi connectivity index (χ4v) is 4.05. The van der Waals surface area contributed by atoms with E-state index < -0.39 is 5.60 Å². The lowest BCUT2D eigenvalue weighted by molar-refractivity contribution is -0.117. The molecular formula is C19H21NO2S. The number of thioether (sulfide) groups is 1. The van der Waals surface area contributed by atoms with Crippen LogP contribution in [0.15, 0.2) is 48.5 Å². The molecule has 0 aliphatic carbocycles. The highest BCUT2D eigenvalue weighted by Crippen LogP contribution is 2.26. The lowest BCUT2D eigenvalue weighted by atomic mass is 9.97. The lowest BCUT2D eigenvalue weighted by Gasteiger charge is -2.31. The highest BCUT2D eigenvalue weighted by Gasteiger charge is 2.29. The van der Waals surface area contributed by atoms with Gasteiger partial charge in [0.15, 0.2) is 0 Å². The summed E-state index contributed by atoms with van der Waals surface area (Å²) in [4.78, 5) is 12.0. The molecule has 3 nitrogen and oxygen atoms in total. The summed E-state index contributed by atoms with van der Waals surface area (Å²) in [5.41, 5.74) is 0.278. The maximum absolute atomic E-state index is 12.0. The second kappa shape index (κ2) is 7.20. The Balaban J connectivity index is 1.64. The van der Waals surface area contributed by atoms with E-state index in [2.05, 4.69) is 23.5 Å². The molecule has 0 unspecified atom stereocenters. The molecule has 3 rings (SSSR count). The summed E-state index contributed by atoms with van der Waals surface area (Å²) in [6.07, 6.45) is 4.86. The van der Waals surface area contributed by atoms with Crippen LogP contribution < -0.4 is 5.32 Å². The molecule has 2 aromatic rings. The van der Waals surface area contributed by atoms with Crippen LogP contribution in [0, 0.1) is 0 Å². The number of amides is 1. The first-order chi connectivity index (χ1) is 11.2. The van der Waals surface area contributed by atoms with E-state index in [4.69, 9.17) is 0 Å². The van der Waals surface area contributed by atoms with Crippen LogP contribution in [-0.2, 0) is 4.79 Å². The fraction of sp³-hybridized carbons (Fsp3) is 0.316. The van der Waals surface area contributed by atoms with Crippen molar-refractivity contribution in [3.05, 3.63) is 54.1 Å². The average Bonchev–Trinajstić information content (AvgIpc) is 2.59. The normalized spacial score (nSPS) is 17.4. The largest absolute Gasteiger partial charge is 0.388 e. The van der Waals surface area contributed by atoms with Crippen LogP contribution in [0.3, 0.4) is 0 Å². The number of fused-ring (bicyclic) bond motifs is 1. The van der Waals surface area contributed by atoms with E-state index in [1.807, 2.05) is 42.1 Å². The first kappa shape index (κ1) is 16.1. The molecule has 0 saturated carbocycles. The van der Waals surface area contributed by atoms with Crippen LogP contribution in [0.1, 0.15) is 18.4 Å². The maximum Gasteiger partial charge on any atom is 0.244 e. The molecular weight excluding hydrogens is 306 g/mol. The third-order valence-corrected chi connectivity index (χ3v) is 5.24. The molecule has 2 N–H and O–H groups in total. The van der Waals surface area contributed by atoms with Gasteiger partial charge in [0.05, 0.1) is 5.60 Å². The SMILES string of the molecule is O=C(C=Cc1cccc2ccccc12)NCC1(O)CCSCC1. The highest BCUT2D eigenvalue weighted by atomic mass is 32.2. The topological polar surface area (TPSA) is 49.3 Å². The van der Waals surface area contributed by atoms with Crippen LogP contribution in [-0.4, -0.2) is 34.7 Å². The van der Waals surface area contributed by atoms with Crippen molar-refractivity contribution in [3.63, 3.8) is 0 Å². The molecule has 1 aliphatic rings. The molecule has 0 spiro atoms. The molecule has 1 fully saturated rings. The van der Waals surface area contributed by atoms with Gasteiger partial charge in [-0.2, -0.15) is 11.8 Å². The minimum Gasteiger partial charge on any atom is -0.388 e. The Bertz CT molecular complexity index is 715. The Labute approximate surface area is 140 Å². The quantitative estimate of drug-likeness (QED) is 0.848. The summed E-state index contributed by atoms with van der Waals surface area (Å²) in [6, 6.07) is 14.2. The van der Waals surface area contributed by atoms with E-state index in [0.29, 0.717) is 6.54 Å². The Hall–Kier alpha value is -1.78. The number of carbonyl (C=O) groups is 1. The van der Waals surface area contributed by atoms with E-state index in [-0.39, 0.29) is 5.91 Å². The first-order valence-corrected chi connectivity index (χ1v) is 9.06. The predicted molar refractivity (Wildman–Crippen MR) is 97.5 cm³/mol. The van der Waals surface area contributed by atoms with E-state index in [9.17, 15) is 9.90 Å². The molecule has 23 heavy (non-hydrogen) atoms. The number of carbonyl (C=O) groups excluding carboxylic acids is 1. The summed E-state index contributed by atoms with van der Waals surface area (Å²) < 4.78 is 0. The molecule has 1 aliphatic heterocycles. The van der Waals surface area contributed by atoms with Crippen molar-refractivity contribution in [1.29, 1.82) is 0 Å². The van der Waals surface area contributed by atoms with Gasteiger partial charge in [-0.15, -0.1) is 0 Å². The molecule has 120 valence electrons. The van der Waals surface area contributed by atoms with Gasteiger partial charge in [-0.3, -0.25) is 4.79 Å². The molecule has 0 radical (unpaired) electrons. The first-order valence-electron chi connectivity index (χ1n) is 7.90. The van der Waals surface area contributed by atoms with E-state index >= 15 is 0 Å². The molecule has 2 aromatic carbocycles. The Morgan fingerprint density at radius 1 is 1.17 bits per heavy atom. The van der Waals surface area contributed by atoms with E-state index in [0.717, 1.165) is 40.7 Å². The van der Waals surface area contributed by atoms with Crippen molar-refractivity contribution < 1.29 is 9.90 Å². The predicted octanol–water partition coefficient (Wildman–Crippen LogP) is 3.23. The number of hydrogen-bond acceptors (Lipinski definition) is 3. The standard InChI is InChI=1S/C19H21NO2S/c21-18(20-14-19(22)10-12-23-13-11-19)9-8-16-6-3-5-15-4-1-2-7-17(15)16/h1-9,22H,10-14H2,(H,20,21). The van der Waals surface area contributed by atoms with Gasteiger partial charge in [-0.05, 0) is 46.8 Å². The summed E-state index contributed by atoms with van der Waals surface area (Å²) in [5, 5.41) is 15.5. The number of nitrogens with one attached hydrogen (secondary N) is 1. The number of hydrogen-bond donors (Lipinski definition) is 2. The Kier molecular flexibility index (Phi) is 5.03. The average molecular weight is 327 g/mol. The van der Waals surface area contributed by atoms with Gasteiger partial charge in [-0.1, -0.05) is 42.5 Å². The summed E-state index contributed by atoms with van der Waals surface area (Å²) in [5.74, 6) is 1.75. The molecule has 0 aromatic heterocycles. The number of aliphatic hydroxyl groups is 1. The van der Waals surface area contributed by atoms with Gasteiger partial charge >= 0.3 is 0 Å². The zero-order chi connectivity index (χ0) is 16.1. The Morgan fingerprint density at radius 3 is 2.74 bits per heavy atom. The maximum atomic E-state index is 12.0. The molecule has 1 saturated heterocycles. The van der Waals surface area contributed by atoms with Crippen molar-refractivity contribution in [2.75, 3.05) is 18.1 Å². The van der Waals surface area contributed by atoms with E-state index in [1.165, 1.54) is 0 Å². The summed E-state index contributed by atoms with van der Waals surface area (Å²) in [7, 11) is 0. The zero-order valence-electron chi connectivity index (χ0n) is 13.0. The summed E-state index contributed by atoms with van der Waals surface area (Å²) in [6.45, 7) is 0.326. The summed E-state index contributed by atoms with van der Waals surface area (Å²) >= 11 is 1.85. The smallest absolute Gasteiger partial charge is 0.244 e. The van der Waals surface area contributed by atoms with Crippen LogP contribution in [0.4, 0.5) is 0 Å². The minimum atomic E-state index is -0.742. The Morgan fingerprint density at radius 2 is 1.91 bits per heavy atom. The van der Waals surface area contributed by atoms with Crippen molar-refractivity contribution in [2.24, 2.45) is 0 Å². The molecule has 1 heterocycles. The van der Waals surface area contributed by atoms with Crippen molar-refractivity contribution >= 4 is 34.5 Å². The highest BCUT2D eigenvalue weighted by molar-refractivity contribution is 7.99. The molecule has 0 atom stereocenters. The zero-order valence-corrected chi connectivity index (χ0v) is 13.8. The van der Waals surface area contributed by atoms with Gasteiger partial charge in [0, 0.05) is 12.6 Å².